The lowest BCUT2D eigenvalue weighted by atomic mass is 10.00. The van der Waals surface area contributed by atoms with Gasteiger partial charge in [0.25, 0.3) is 0 Å². The normalized spacial score (nSPS) is 21.9. The molecule has 1 atom stereocenters. The molecule has 0 saturated carbocycles. The summed E-state index contributed by atoms with van der Waals surface area (Å²) in [5.74, 6) is 1.71. The van der Waals surface area contributed by atoms with Gasteiger partial charge >= 0.3 is 0 Å². The van der Waals surface area contributed by atoms with E-state index in [-0.39, 0.29) is 29.9 Å². The van der Waals surface area contributed by atoms with Gasteiger partial charge in [-0.3, -0.25) is 9.79 Å². The molecular formula is C17H31IN4O. The Morgan fingerprint density at radius 3 is 2.74 bits per heavy atom. The summed E-state index contributed by atoms with van der Waals surface area (Å²) in [6.07, 6.45) is 9.38. The van der Waals surface area contributed by atoms with Crippen molar-refractivity contribution in [1.82, 2.24) is 15.5 Å². The molecule has 1 heterocycles. The lowest BCUT2D eigenvalue weighted by molar-refractivity contribution is -0.132. The molecule has 2 rings (SSSR count). The number of hydrogen-bond donors (Lipinski definition) is 2. The van der Waals surface area contributed by atoms with E-state index < -0.39 is 0 Å². The molecule has 0 aromatic heterocycles. The molecule has 1 aliphatic heterocycles. The van der Waals surface area contributed by atoms with Gasteiger partial charge in [0.1, 0.15) is 0 Å². The smallest absolute Gasteiger partial charge is 0.224 e. The van der Waals surface area contributed by atoms with Crippen LogP contribution < -0.4 is 10.6 Å². The van der Waals surface area contributed by atoms with E-state index in [1.807, 2.05) is 4.90 Å². The monoisotopic (exact) mass is 434 g/mol. The fourth-order valence-corrected chi connectivity index (χ4v) is 3.09. The van der Waals surface area contributed by atoms with Crippen LogP contribution in [0, 0.1) is 5.92 Å². The van der Waals surface area contributed by atoms with Gasteiger partial charge in [-0.15, -0.1) is 24.0 Å². The van der Waals surface area contributed by atoms with Crippen molar-refractivity contribution in [1.29, 1.82) is 0 Å². The summed E-state index contributed by atoms with van der Waals surface area (Å²) in [5, 5.41) is 6.68. The Morgan fingerprint density at radius 1 is 1.35 bits per heavy atom. The van der Waals surface area contributed by atoms with Crippen LogP contribution >= 0.6 is 24.0 Å². The fraction of sp³-hybridized carbons (Fsp3) is 0.765. The Hall–Kier alpha value is -0.790. The minimum absolute atomic E-state index is 0. The maximum atomic E-state index is 12.2. The van der Waals surface area contributed by atoms with Gasteiger partial charge in [0.2, 0.25) is 5.91 Å². The zero-order valence-corrected chi connectivity index (χ0v) is 16.7. The van der Waals surface area contributed by atoms with Crippen molar-refractivity contribution in [3.63, 3.8) is 0 Å². The third kappa shape index (κ3) is 7.10. The van der Waals surface area contributed by atoms with Gasteiger partial charge in [-0.05, 0) is 38.5 Å². The van der Waals surface area contributed by atoms with Gasteiger partial charge in [0, 0.05) is 32.1 Å². The third-order valence-corrected chi connectivity index (χ3v) is 4.30. The van der Waals surface area contributed by atoms with Crippen LogP contribution in [0.4, 0.5) is 0 Å². The quantitative estimate of drug-likeness (QED) is 0.303. The molecule has 2 aliphatic rings. The molecule has 0 radical (unpaired) electrons. The molecule has 0 spiro atoms. The summed E-state index contributed by atoms with van der Waals surface area (Å²) >= 11 is 0. The summed E-state index contributed by atoms with van der Waals surface area (Å²) in [5.41, 5.74) is 0. The first-order chi connectivity index (χ1) is 10.7. The molecule has 1 unspecified atom stereocenters. The molecule has 2 N–H and O–H groups in total. The van der Waals surface area contributed by atoms with E-state index in [0.717, 1.165) is 44.9 Å². The number of amides is 1. The van der Waals surface area contributed by atoms with Crippen LogP contribution in [0.5, 0.6) is 0 Å². The van der Waals surface area contributed by atoms with E-state index in [9.17, 15) is 4.79 Å². The second-order valence-corrected chi connectivity index (χ2v) is 6.38. The van der Waals surface area contributed by atoms with Crippen molar-refractivity contribution in [3.05, 3.63) is 12.2 Å². The Bertz CT molecular complexity index is 417. The Kier molecular flexibility index (Phi) is 9.59. The van der Waals surface area contributed by atoms with Gasteiger partial charge in [-0.25, -0.2) is 0 Å². The minimum atomic E-state index is 0. The number of hydrogen-bond acceptors (Lipinski definition) is 2. The van der Waals surface area contributed by atoms with Gasteiger partial charge < -0.3 is 15.5 Å². The first kappa shape index (κ1) is 20.3. The Labute approximate surface area is 157 Å². The van der Waals surface area contributed by atoms with Gasteiger partial charge in [-0.2, -0.15) is 0 Å². The number of rotatable bonds is 5. The lowest BCUT2D eigenvalue weighted by Gasteiger charge is -2.30. The molecule has 1 amide bonds. The topological polar surface area (TPSA) is 56.7 Å². The highest BCUT2D eigenvalue weighted by Gasteiger charge is 2.20. The fourth-order valence-electron chi connectivity index (χ4n) is 3.09. The first-order valence-corrected chi connectivity index (χ1v) is 8.66. The van der Waals surface area contributed by atoms with Crippen molar-refractivity contribution in [2.75, 3.05) is 26.2 Å². The molecule has 0 aromatic rings. The van der Waals surface area contributed by atoms with E-state index in [1.54, 1.807) is 0 Å². The number of carbonyl (C=O) groups excluding carboxylic acids is 1. The van der Waals surface area contributed by atoms with E-state index in [4.69, 9.17) is 0 Å². The van der Waals surface area contributed by atoms with Crippen LogP contribution in [0.3, 0.4) is 0 Å². The van der Waals surface area contributed by atoms with Gasteiger partial charge in [-0.1, -0.05) is 19.1 Å². The Morgan fingerprint density at radius 2 is 2.09 bits per heavy atom. The predicted molar refractivity (Wildman–Crippen MR) is 106 cm³/mol. The lowest BCUT2D eigenvalue weighted by Crippen LogP contribution is -2.43. The summed E-state index contributed by atoms with van der Waals surface area (Å²) in [6, 6.07) is 0.441. The predicted octanol–water partition coefficient (Wildman–Crippen LogP) is 2.53. The van der Waals surface area contributed by atoms with E-state index >= 15 is 0 Å². The number of carbonyl (C=O) groups is 1. The molecule has 1 saturated heterocycles. The highest BCUT2D eigenvalue weighted by atomic mass is 127. The highest BCUT2D eigenvalue weighted by Crippen LogP contribution is 2.16. The third-order valence-electron chi connectivity index (χ3n) is 4.30. The van der Waals surface area contributed by atoms with Crippen LogP contribution in [0.25, 0.3) is 0 Å². The van der Waals surface area contributed by atoms with Crippen molar-refractivity contribution in [3.8, 4) is 0 Å². The summed E-state index contributed by atoms with van der Waals surface area (Å²) in [6.45, 7) is 7.50. The standard InChI is InChI=1S/C17H30N4O.HI/c1-3-18-17(20-15-8-4-5-9-15)19-11-10-16(22)21-12-6-7-14(2)13-21;/h4-5,14-15H,3,6-13H2,1-2H3,(H2,18,19,20);1H. The van der Waals surface area contributed by atoms with Crippen LogP contribution in [-0.2, 0) is 4.79 Å². The van der Waals surface area contributed by atoms with E-state index in [1.165, 1.54) is 6.42 Å². The number of nitrogens with zero attached hydrogens (tertiary/aromatic N) is 2. The zero-order chi connectivity index (χ0) is 15.8. The van der Waals surface area contributed by atoms with Crippen LogP contribution in [0.15, 0.2) is 17.1 Å². The number of nitrogens with one attached hydrogen (secondary N) is 2. The second-order valence-electron chi connectivity index (χ2n) is 6.38. The average molecular weight is 434 g/mol. The number of halogens is 1. The molecule has 0 aromatic carbocycles. The van der Waals surface area contributed by atoms with Crippen molar-refractivity contribution < 1.29 is 4.79 Å². The molecule has 23 heavy (non-hydrogen) atoms. The number of guanidine groups is 1. The Balaban J connectivity index is 0.00000264. The SMILES string of the molecule is CCNC(=NCCC(=O)N1CCCC(C)C1)NC1CC=CC1.I. The zero-order valence-electron chi connectivity index (χ0n) is 14.4. The van der Waals surface area contributed by atoms with E-state index in [2.05, 4.69) is 41.6 Å². The largest absolute Gasteiger partial charge is 0.357 e. The summed E-state index contributed by atoms with van der Waals surface area (Å²) < 4.78 is 0. The van der Waals surface area contributed by atoms with Gasteiger partial charge in [0.15, 0.2) is 5.96 Å². The van der Waals surface area contributed by atoms with E-state index in [0.29, 0.717) is 24.9 Å². The molecule has 132 valence electrons. The molecule has 6 heteroatoms. The van der Waals surface area contributed by atoms with Crippen molar-refractivity contribution in [2.45, 2.75) is 52.0 Å². The minimum Gasteiger partial charge on any atom is -0.357 e. The van der Waals surface area contributed by atoms with Crippen LogP contribution in [0.1, 0.15) is 46.0 Å². The molecule has 1 fully saturated rings. The number of piperidine rings is 1. The molecular weight excluding hydrogens is 403 g/mol. The maximum absolute atomic E-state index is 12.2. The number of aliphatic imine (C=N–C) groups is 1. The average Bonchev–Trinajstić information content (AvgIpc) is 3.00. The van der Waals surface area contributed by atoms with Crippen molar-refractivity contribution in [2.24, 2.45) is 10.9 Å². The first-order valence-electron chi connectivity index (χ1n) is 8.66. The highest BCUT2D eigenvalue weighted by molar-refractivity contribution is 14.0. The van der Waals surface area contributed by atoms with Gasteiger partial charge in [0.05, 0.1) is 6.54 Å². The molecule has 0 bridgehead atoms. The molecule has 1 aliphatic carbocycles. The second kappa shape index (κ2) is 10.9. The summed E-state index contributed by atoms with van der Waals surface area (Å²) in [4.78, 5) is 18.8. The van der Waals surface area contributed by atoms with Crippen LogP contribution in [-0.4, -0.2) is 49.0 Å². The van der Waals surface area contributed by atoms with Crippen LogP contribution in [0.2, 0.25) is 0 Å². The number of likely N-dealkylation sites (tertiary alicyclic amines) is 1. The molecule has 5 nitrogen and oxygen atoms in total. The maximum Gasteiger partial charge on any atom is 0.224 e. The summed E-state index contributed by atoms with van der Waals surface area (Å²) in [7, 11) is 0. The van der Waals surface area contributed by atoms with Crippen molar-refractivity contribution >= 4 is 35.8 Å².